The van der Waals surface area contributed by atoms with Crippen LogP contribution in [0.3, 0.4) is 0 Å². The maximum Gasteiger partial charge on any atom is 0.337 e. The van der Waals surface area contributed by atoms with E-state index in [9.17, 15) is 4.79 Å². The van der Waals surface area contributed by atoms with E-state index in [1.807, 2.05) is 39.0 Å². The molecule has 0 N–H and O–H groups in total. The van der Waals surface area contributed by atoms with Gasteiger partial charge in [-0.15, -0.1) is 0 Å². The third kappa shape index (κ3) is 4.24. The summed E-state index contributed by atoms with van der Waals surface area (Å²) in [7, 11) is 0. The van der Waals surface area contributed by atoms with Crippen molar-refractivity contribution in [1.29, 1.82) is 0 Å². The molecule has 1 aromatic rings. The number of esters is 1. The minimum atomic E-state index is -0.375. The molecule has 5 heteroatoms. The molecule has 0 radical (unpaired) electrons. The first-order chi connectivity index (χ1) is 10.6. The molecule has 120 valence electrons. The van der Waals surface area contributed by atoms with Crippen LogP contribution in [-0.4, -0.2) is 38.5 Å². The highest BCUT2D eigenvalue weighted by atomic mass is 16.6. The Kier molecular flexibility index (Phi) is 5.83. The number of carbonyl (C=O) groups excluding carboxylic acids is 1. The lowest BCUT2D eigenvalue weighted by molar-refractivity contribution is -0.141. The fourth-order valence-electron chi connectivity index (χ4n) is 2.08. The molecule has 0 bridgehead atoms. The maximum absolute atomic E-state index is 12.0. The fraction of sp³-hybridized carbons (Fsp3) is 0.471. The third-order valence-corrected chi connectivity index (χ3v) is 3.04. The van der Waals surface area contributed by atoms with Gasteiger partial charge in [-0.05, 0) is 32.9 Å². The smallest absolute Gasteiger partial charge is 0.337 e. The fourth-order valence-corrected chi connectivity index (χ4v) is 2.08. The Bertz CT molecular complexity index is 548. The van der Waals surface area contributed by atoms with Crippen molar-refractivity contribution in [3.8, 4) is 11.5 Å². The van der Waals surface area contributed by atoms with Crippen molar-refractivity contribution in [1.82, 2.24) is 0 Å². The monoisotopic (exact) mass is 306 g/mol. The largest absolute Gasteiger partial charge is 0.490 e. The number of hydrogen-bond donors (Lipinski definition) is 0. The molecule has 5 nitrogen and oxygen atoms in total. The Labute approximate surface area is 130 Å². The van der Waals surface area contributed by atoms with Gasteiger partial charge in [0.25, 0.3) is 0 Å². The van der Waals surface area contributed by atoms with E-state index in [1.54, 1.807) is 6.08 Å². The standard InChI is InChI=1S/C17H22O5/c1-4-19-15-7-5-6-13-10-14(11-22-16(13)15)17(18)21-9-8-20-12(2)3/h5-7,10,12H,4,8-9,11H2,1-3H3. The van der Waals surface area contributed by atoms with Crippen LogP contribution in [0.15, 0.2) is 23.8 Å². The predicted octanol–water partition coefficient (Wildman–Crippen LogP) is 2.83. The summed E-state index contributed by atoms with van der Waals surface area (Å²) in [6, 6.07) is 5.60. The minimum Gasteiger partial charge on any atom is -0.490 e. The van der Waals surface area contributed by atoms with Crippen LogP contribution in [0.2, 0.25) is 0 Å². The Morgan fingerprint density at radius 1 is 1.32 bits per heavy atom. The quantitative estimate of drug-likeness (QED) is 0.573. The van der Waals surface area contributed by atoms with Crippen LogP contribution < -0.4 is 9.47 Å². The summed E-state index contributed by atoms with van der Waals surface area (Å²) < 4.78 is 21.7. The van der Waals surface area contributed by atoms with Crippen LogP contribution in [0.4, 0.5) is 0 Å². The summed E-state index contributed by atoms with van der Waals surface area (Å²) in [5.74, 6) is 0.984. The van der Waals surface area contributed by atoms with Gasteiger partial charge in [0.15, 0.2) is 11.5 Å². The lowest BCUT2D eigenvalue weighted by atomic mass is 10.1. The summed E-state index contributed by atoms with van der Waals surface area (Å²) in [6.45, 7) is 7.16. The zero-order valence-corrected chi connectivity index (χ0v) is 13.3. The zero-order chi connectivity index (χ0) is 15.9. The summed E-state index contributed by atoms with van der Waals surface area (Å²) >= 11 is 0. The maximum atomic E-state index is 12.0. The molecule has 1 aliphatic rings. The Balaban J connectivity index is 1.99. The lowest BCUT2D eigenvalue weighted by Gasteiger charge is -2.19. The molecule has 0 fully saturated rings. The van der Waals surface area contributed by atoms with Crippen LogP contribution in [0.5, 0.6) is 11.5 Å². The van der Waals surface area contributed by atoms with E-state index in [2.05, 4.69) is 0 Å². The van der Waals surface area contributed by atoms with E-state index in [1.165, 1.54) is 0 Å². The van der Waals surface area contributed by atoms with Gasteiger partial charge in [-0.1, -0.05) is 12.1 Å². The van der Waals surface area contributed by atoms with E-state index < -0.39 is 0 Å². The number of ether oxygens (including phenoxy) is 4. The van der Waals surface area contributed by atoms with Crippen LogP contribution in [-0.2, 0) is 14.3 Å². The Morgan fingerprint density at radius 3 is 2.86 bits per heavy atom. The average Bonchev–Trinajstić information content (AvgIpc) is 2.51. The molecule has 0 amide bonds. The number of carbonyl (C=O) groups is 1. The first kappa shape index (κ1) is 16.4. The molecule has 0 saturated carbocycles. The third-order valence-electron chi connectivity index (χ3n) is 3.04. The van der Waals surface area contributed by atoms with E-state index >= 15 is 0 Å². The van der Waals surface area contributed by atoms with Crippen molar-refractivity contribution >= 4 is 12.0 Å². The van der Waals surface area contributed by atoms with E-state index in [4.69, 9.17) is 18.9 Å². The number of benzene rings is 1. The minimum absolute atomic E-state index is 0.125. The van der Waals surface area contributed by atoms with Crippen molar-refractivity contribution in [2.24, 2.45) is 0 Å². The molecule has 0 aliphatic carbocycles. The molecule has 0 saturated heterocycles. The summed E-state index contributed by atoms with van der Waals surface area (Å²) in [4.78, 5) is 12.0. The van der Waals surface area contributed by atoms with Gasteiger partial charge in [-0.25, -0.2) is 4.79 Å². The number of para-hydroxylation sites is 1. The second kappa shape index (κ2) is 7.84. The van der Waals surface area contributed by atoms with Gasteiger partial charge in [0.1, 0.15) is 13.2 Å². The van der Waals surface area contributed by atoms with Gasteiger partial charge in [0.05, 0.1) is 24.9 Å². The number of hydrogen-bond acceptors (Lipinski definition) is 5. The van der Waals surface area contributed by atoms with Gasteiger partial charge in [-0.2, -0.15) is 0 Å². The molecule has 1 heterocycles. The van der Waals surface area contributed by atoms with Crippen LogP contribution in [0.25, 0.3) is 6.08 Å². The zero-order valence-electron chi connectivity index (χ0n) is 13.3. The van der Waals surface area contributed by atoms with Gasteiger partial charge < -0.3 is 18.9 Å². The summed E-state index contributed by atoms with van der Waals surface area (Å²) in [5.41, 5.74) is 1.31. The van der Waals surface area contributed by atoms with Crippen LogP contribution in [0.1, 0.15) is 26.3 Å². The topological polar surface area (TPSA) is 54.0 Å². The molecule has 0 spiro atoms. The molecular formula is C17H22O5. The molecular weight excluding hydrogens is 284 g/mol. The van der Waals surface area contributed by atoms with Crippen LogP contribution >= 0.6 is 0 Å². The first-order valence-corrected chi connectivity index (χ1v) is 7.49. The first-order valence-electron chi connectivity index (χ1n) is 7.49. The average molecular weight is 306 g/mol. The van der Waals surface area contributed by atoms with Crippen molar-refractivity contribution in [3.05, 3.63) is 29.3 Å². The van der Waals surface area contributed by atoms with Crippen molar-refractivity contribution in [3.63, 3.8) is 0 Å². The van der Waals surface area contributed by atoms with Gasteiger partial charge >= 0.3 is 5.97 Å². The second-order valence-electron chi connectivity index (χ2n) is 5.12. The second-order valence-corrected chi connectivity index (χ2v) is 5.12. The van der Waals surface area contributed by atoms with E-state index in [0.29, 0.717) is 30.3 Å². The predicted molar refractivity (Wildman–Crippen MR) is 83.1 cm³/mol. The molecule has 22 heavy (non-hydrogen) atoms. The lowest BCUT2D eigenvalue weighted by Crippen LogP contribution is -2.20. The highest BCUT2D eigenvalue weighted by Crippen LogP contribution is 2.35. The van der Waals surface area contributed by atoms with E-state index in [0.717, 1.165) is 5.56 Å². The number of fused-ring (bicyclic) bond motifs is 1. The van der Waals surface area contributed by atoms with Gasteiger partial charge in [-0.3, -0.25) is 0 Å². The van der Waals surface area contributed by atoms with Gasteiger partial charge in [0.2, 0.25) is 0 Å². The van der Waals surface area contributed by atoms with E-state index in [-0.39, 0.29) is 25.3 Å². The number of rotatable bonds is 7. The highest BCUT2D eigenvalue weighted by molar-refractivity contribution is 5.95. The van der Waals surface area contributed by atoms with Crippen LogP contribution in [0, 0.1) is 0 Å². The van der Waals surface area contributed by atoms with Gasteiger partial charge in [0, 0.05) is 5.56 Å². The molecule has 0 aromatic heterocycles. The molecule has 2 rings (SSSR count). The molecule has 0 unspecified atom stereocenters. The summed E-state index contributed by atoms with van der Waals surface area (Å²) in [5, 5.41) is 0. The Hall–Kier alpha value is -2.01. The SMILES string of the molecule is CCOc1cccc2c1OCC(C(=O)OCCOC(C)C)=C2. The molecule has 0 atom stereocenters. The summed E-state index contributed by atoms with van der Waals surface area (Å²) in [6.07, 6.45) is 1.91. The highest BCUT2D eigenvalue weighted by Gasteiger charge is 2.21. The van der Waals surface area contributed by atoms with Crippen molar-refractivity contribution in [2.45, 2.75) is 26.9 Å². The van der Waals surface area contributed by atoms with Crippen molar-refractivity contribution < 1.29 is 23.7 Å². The normalized spacial score (nSPS) is 13.2. The Morgan fingerprint density at radius 2 is 2.14 bits per heavy atom. The molecule has 1 aliphatic heterocycles. The van der Waals surface area contributed by atoms with Crippen molar-refractivity contribution in [2.75, 3.05) is 26.4 Å². The molecule has 1 aromatic carbocycles.